The summed E-state index contributed by atoms with van der Waals surface area (Å²) in [5.41, 5.74) is 3.75. The normalized spacial score (nSPS) is 10.8. The van der Waals surface area contributed by atoms with Gasteiger partial charge in [-0.15, -0.1) is 0 Å². The molecule has 0 radical (unpaired) electrons. The Morgan fingerprint density at radius 3 is 2.74 bits per heavy atom. The Hall–Kier alpha value is -2.89. The van der Waals surface area contributed by atoms with Gasteiger partial charge < -0.3 is 14.2 Å². The van der Waals surface area contributed by atoms with Crippen molar-refractivity contribution in [1.82, 2.24) is 15.1 Å². The Bertz CT molecular complexity index is 877. The molecule has 0 spiro atoms. The summed E-state index contributed by atoms with van der Waals surface area (Å²) in [6, 6.07) is 7.43. The summed E-state index contributed by atoms with van der Waals surface area (Å²) in [6.07, 6.45) is 0. The van der Waals surface area contributed by atoms with Crippen molar-refractivity contribution in [3.8, 4) is 28.7 Å². The van der Waals surface area contributed by atoms with Crippen LogP contribution in [0.5, 0.6) is 5.75 Å². The summed E-state index contributed by atoms with van der Waals surface area (Å²) in [5, 5.41) is 4.02. The van der Waals surface area contributed by atoms with Crippen LogP contribution in [0.3, 0.4) is 0 Å². The second kappa shape index (κ2) is 5.72. The molecule has 6 nitrogen and oxygen atoms in total. The van der Waals surface area contributed by atoms with E-state index in [4.69, 9.17) is 9.26 Å². The maximum absolute atomic E-state index is 11.7. The van der Waals surface area contributed by atoms with E-state index in [1.165, 1.54) is 0 Å². The lowest BCUT2D eigenvalue weighted by atomic mass is 10.1. The number of nitrogens with zero attached hydrogens (tertiary/aromatic N) is 2. The van der Waals surface area contributed by atoms with Crippen LogP contribution >= 0.6 is 0 Å². The van der Waals surface area contributed by atoms with E-state index in [2.05, 4.69) is 15.1 Å². The standard InChI is InChI=1S/C17H17N3O3/c1-9-14(11(3)21)10(2)18-15(9)17-19-16(20-23-17)12-6-5-7-13(8-12)22-4/h5-8,18H,1-4H3. The number of rotatable bonds is 4. The molecule has 0 atom stereocenters. The number of hydrogen-bond acceptors (Lipinski definition) is 5. The van der Waals surface area contributed by atoms with E-state index in [0.717, 1.165) is 22.6 Å². The fourth-order valence-corrected chi connectivity index (χ4v) is 2.70. The highest BCUT2D eigenvalue weighted by atomic mass is 16.5. The first-order chi connectivity index (χ1) is 11.0. The number of Topliss-reactive ketones (excluding diaryl/α,β-unsaturated/α-hetero) is 1. The Morgan fingerprint density at radius 2 is 2.09 bits per heavy atom. The smallest absolute Gasteiger partial charge is 0.274 e. The maximum atomic E-state index is 11.7. The summed E-state index contributed by atoms with van der Waals surface area (Å²) in [4.78, 5) is 19.3. The monoisotopic (exact) mass is 311 g/mol. The molecule has 23 heavy (non-hydrogen) atoms. The molecule has 118 valence electrons. The molecule has 0 fully saturated rings. The van der Waals surface area contributed by atoms with Crippen molar-refractivity contribution < 1.29 is 14.1 Å². The fourth-order valence-electron chi connectivity index (χ4n) is 2.70. The molecule has 1 N–H and O–H groups in total. The van der Waals surface area contributed by atoms with Gasteiger partial charge in [0.05, 0.1) is 7.11 Å². The van der Waals surface area contributed by atoms with Gasteiger partial charge in [-0.25, -0.2) is 0 Å². The average molecular weight is 311 g/mol. The van der Waals surface area contributed by atoms with Crippen LogP contribution in [-0.4, -0.2) is 28.0 Å². The first-order valence-corrected chi connectivity index (χ1v) is 7.20. The van der Waals surface area contributed by atoms with Crippen LogP contribution < -0.4 is 4.74 Å². The van der Waals surface area contributed by atoms with E-state index in [1.54, 1.807) is 14.0 Å². The first kappa shape index (κ1) is 15.0. The fraction of sp³-hybridized carbons (Fsp3) is 0.235. The van der Waals surface area contributed by atoms with Crippen molar-refractivity contribution in [2.75, 3.05) is 7.11 Å². The number of H-pyrrole nitrogens is 1. The second-order valence-electron chi connectivity index (χ2n) is 5.34. The van der Waals surface area contributed by atoms with Gasteiger partial charge in [-0.2, -0.15) is 4.98 Å². The Labute approximate surface area is 133 Å². The molecular weight excluding hydrogens is 294 g/mol. The van der Waals surface area contributed by atoms with Crippen molar-refractivity contribution in [2.45, 2.75) is 20.8 Å². The van der Waals surface area contributed by atoms with Gasteiger partial charge in [-0.1, -0.05) is 17.3 Å². The van der Waals surface area contributed by atoms with E-state index in [-0.39, 0.29) is 5.78 Å². The molecule has 0 bridgehead atoms. The lowest BCUT2D eigenvalue weighted by Crippen LogP contribution is -1.94. The quantitative estimate of drug-likeness (QED) is 0.745. The molecule has 0 unspecified atom stereocenters. The Balaban J connectivity index is 2.02. The largest absolute Gasteiger partial charge is 0.497 e. The molecule has 0 amide bonds. The zero-order chi connectivity index (χ0) is 16.6. The van der Waals surface area contributed by atoms with E-state index in [1.807, 2.05) is 38.1 Å². The van der Waals surface area contributed by atoms with Gasteiger partial charge in [0.1, 0.15) is 11.4 Å². The molecular formula is C17H17N3O3. The Morgan fingerprint density at radius 1 is 1.30 bits per heavy atom. The van der Waals surface area contributed by atoms with Gasteiger partial charge >= 0.3 is 0 Å². The van der Waals surface area contributed by atoms with Gasteiger partial charge in [0, 0.05) is 16.8 Å². The van der Waals surface area contributed by atoms with Crippen molar-refractivity contribution in [1.29, 1.82) is 0 Å². The molecule has 0 saturated carbocycles. The van der Waals surface area contributed by atoms with Crippen LogP contribution in [0.15, 0.2) is 28.8 Å². The highest BCUT2D eigenvalue weighted by molar-refractivity contribution is 5.98. The summed E-state index contributed by atoms with van der Waals surface area (Å²) in [5.74, 6) is 1.56. The number of aromatic nitrogens is 3. The SMILES string of the molecule is COc1cccc(-c2noc(-c3[nH]c(C)c(C(C)=O)c3C)n2)c1. The minimum atomic E-state index is 0.00929. The Kier molecular flexibility index (Phi) is 3.73. The highest BCUT2D eigenvalue weighted by Gasteiger charge is 2.20. The molecule has 0 aliphatic carbocycles. The third-order valence-electron chi connectivity index (χ3n) is 3.76. The molecule has 2 aromatic heterocycles. The number of benzene rings is 1. The zero-order valence-electron chi connectivity index (χ0n) is 13.4. The lowest BCUT2D eigenvalue weighted by molar-refractivity contribution is 0.101. The van der Waals surface area contributed by atoms with Crippen LogP contribution in [0.2, 0.25) is 0 Å². The van der Waals surface area contributed by atoms with Gasteiger partial charge in [0.25, 0.3) is 5.89 Å². The van der Waals surface area contributed by atoms with E-state index in [0.29, 0.717) is 23.0 Å². The van der Waals surface area contributed by atoms with Crippen LogP contribution in [0, 0.1) is 13.8 Å². The topological polar surface area (TPSA) is 81.0 Å². The minimum Gasteiger partial charge on any atom is -0.497 e. The predicted octanol–water partition coefficient (Wildman–Crippen LogP) is 3.56. The van der Waals surface area contributed by atoms with Crippen molar-refractivity contribution in [2.24, 2.45) is 0 Å². The summed E-state index contributed by atoms with van der Waals surface area (Å²) < 4.78 is 10.6. The lowest BCUT2D eigenvalue weighted by Gasteiger charge is -1.99. The molecule has 2 heterocycles. The number of ether oxygens (including phenoxy) is 1. The molecule has 6 heteroatoms. The molecule has 0 saturated heterocycles. The van der Waals surface area contributed by atoms with Gasteiger partial charge in [-0.05, 0) is 38.5 Å². The molecule has 3 aromatic rings. The average Bonchev–Trinajstić information content (AvgIpc) is 3.12. The van der Waals surface area contributed by atoms with Crippen LogP contribution in [0.25, 0.3) is 23.0 Å². The number of carbonyl (C=O) groups is 1. The number of aryl methyl sites for hydroxylation is 1. The van der Waals surface area contributed by atoms with Crippen molar-refractivity contribution in [3.05, 3.63) is 41.1 Å². The number of aromatic amines is 1. The maximum Gasteiger partial charge on any atom is 0.274 e. The molecule has 0 aliphatic heterocycles. The van der Waals surface area contributed by atoms with Crippen LogP contribution in [0.1, 0.15) is 28.5 Å². The number of methoxy groups -OCH3 is 1. The number of carbonyl (C=O) groups excluding carboxylic acids is 1. The third kappa shape index (κ3) is 2.63. The summed E-state index contributed by atoms with van der Waals surface area (Å²) in [6.45, 7) is 5.26. The third-order valence-corrected chi connectivity index (χ3v) is 3.76. The first-order valence-electron chi connectivity index (χ1n) is 7.20. The highest BCUT2D eigenvalue weighted by Crippen LogP contribution is 2.29. The van der Waals surface area contributed by atoms with Crippen molar-refractivity contribution >= 4 is 5.78 Å². The van der Waals surface area contributed by atoms with Gasteiger partial charge in [0.15, 0.2) is 5.78 Å². The van der Waals surface area contributed by atoms with E-state index < -0.39 is 0 Å². The number of hydrogen-bond donors (Lipinski definition) is 1. The predicted molar refractivity (Wildman–Crippen MR) is 85.6 cm³/mol. The number of ketones is 1. The number of nitrogens with one attached hydrogen (secondary N) is 1. The zero-order valence-corrected chi connectivity index (χ0v) is 13.4. The minimum absolute atomic E-state index is 0.00929. The molecule has 0 aliphatic rings. The van der Waals surface area contributed by atoms with Crippen molar-refractivity contribution in [3.63, 3.8) is 0 Å². The van der Waals surface area contributed by atoms with Crippen LogP contribution in [0.4, 0.5) is 0 Å². The summed E-state index contributed by atoms with van der Waals surface area (Å²) >= 11 is 0. The second-order valence-corrected chi connectivity index (χ2v) is 5.34. The van der Waals surface area contributed by atoms with E-state index in [9.17, 15) is 4.79 Å². The van der Waals surface area contributed by atoms with Gasteiger partial charge in [0.2, 0.25) is 5.82 Å². The molecule has 3 rings (SSSR count). The summed E-state index contributed by atoms with van der Waals surface area (Å²) in [7, 11) is 1.61. The van der Waals surface area contributed by atoms with E-state index >= 15 is 0 Å². The van der Waals surface area contributed by atoms with Gasteiger partial charge in [-0.3, -0.25) is 4.79 Å². The molecule has 1 aromatic carbocycles. The van der Waals surface area contributed by atoms with Crippen LogP contribution in [-0.2, 0) is 0 Å².